The molecule has 1 atom stereocenters. The van der Waals surface area contributed by atoms with E-state index in [1.54, 1.807) is 0 Å². The van der Waals surface area contributed by atoms with Gasteiger partial charge in [-0.15, -0.1) is 12.4 Å². The molecule has 0 spiro atoms. The van der Waals surface area contributed by atoms with Crippen molar-refractivity contribution < 1.29 is 17.9 Å². The van der Waals surface area contributed by atoms with Crippen LogP contribution in [0, 0.1) is 0 Å². The Morgan fingerprint density at radius 1 is 1.15 bits per heavy atom. The van der Waals surface area contributed by atoms with Crippen molar-refractivity contribution in [2.75, 3.05) is 13.6 Å². The fourth-order valence-electron chi connectivity index (χ4n) is 1.80. The van der Waals surface area contributed by atoms with E-state index in [0.29, 0.717) is 5.75 Å². The van der Waals surface area contributed by atoms with E-state index >= 15 is 0 Å². The molecule has 2 nitrogen and oxygen atoms in total. The first-order valence-corrected chi connectivity index (χ1v) is 6.46. The maximum Gasteiger partial charge on any atom is 0.416 e. The molecule has 1 N–H and O–H groups in total. The van der Waals surface area contributed by atoms with Crippen molar-refractivity contribution >= 4 is 12.4 Å². The van der Waals surface area contributed by atoms with Gasteiger partial charge in [-0.25, -0.2) is 0 Å². The normalized spacial score (nSPS) is 12.7. The van der Waals surface area contributed by atoms with Crippen molar-refractivity contribution in [1.82, 2.24) is 5.32 Å². The lowest BCUT2D eigenvalue weighted by Gasteiger charge is -2.19. The van der Waals surface area contributed by atoms with E-state index in [-0.39, 0.29) is 18.5 Å². The first kappa shape index (κ1) is 19.1. The maximum absolute atomic E-state index is 12.4. The number of nitrogens with one attached hydrogen (secondary N) is 1. The standard InChI is InChI=1S/C14H20F3NO.ClH/c1-3-4-12(9-10-18-2)19-13-7-5-11(6-8-13)14(15,16)17;/h5-8,12,18H,3-4,9-10H2,1-2H3;1H/t12-;/m0./s1. The number of hydrogen-bond acceptors (Lipinski definition) is 2. The Bertz CT molecular complexity index is 368. The van der Waals surface area contributed by atoms with Crippen molar-refractivity contribution in [3.63, 3.8) is 0 Å². The Hall–Kier alpha value is -0.940. The summed E-state index contributed by atoms with van der Waals surface area (Å²) < 4.78 is 43.0. The molecule has 0 saturated heterocycles. The number of alkyl halides is 3. The monoisotopic (exact) mass is 311 g/mol. The van der Waals surface area contributed by atoms with Gasteiger partial charge in [-0.3, -0.25) is 0 Å². The molecule has 1 aromatic carbocycles. The summed E-state index contributed by atoms with van der Waals surface area (Å²) in [5.74, 6) is 0.488. The lowest BCUT2D eigenvalue weighted by atomic mass is 10.1. The third kappa shape index (κ3) is 6.48. The zero-order valence-electron chi connectivity index (χ0n) is 11.7. The Balaban J connectivity index is 0.00000361. The van der Waals surface area contributed by atoms with Gasteiger partial charge in [-0.05, 0) is 50.7 Å². The molecule has 0 unspecified atom stereocenters. The lowest BCUT2D eigenvalue weighted by molar-refractivity contribution is -0.137. The van der Waals surface area contributed by atoms with E-state index in [4.69, 9.17) is 4.74 Å². The quantitative estimate of drug-likeness (QED) is 0.811. The fraction of sp³-hybridized carbons (Fsp3) is 0.571. The Morgan fingerprint density at radius 2 is 1.75 bits per heavy atom. The second-order valence-corrected chi connectivity index (χ2v) is 4.44. The maximum atomic E-state index is 12.4. The predicted molar refractivity (Wildman–Crippen MR) is 76.6 cm³/mol. The highest BCUT2D eigenvalue weighted by Gasteiger charge is 2.30. The van der Waals surface area contributed by atoms with Crippen LogP contribution in [0.4, 0.5) is 13.2 Å². The van der Waals surface area contributed by atoms with Gasteiger partial charge in [-0.2, -0.15) is 13.2 Å². The summed E-state index contributed by atoms with van der Waals surface area (Å²) in [6.07, 6.45) is -1.55. The highest BCUT2D eigenvalue weighted by Crippen LogP contribution is 2.30. The zero-order valence-corrected chi connectivity index (χ0v) is 12.5. The van der Waals surface area contributed by atoms with E-state index in [1.165, 1.54) is 12.1 Å². The van der Waals surface area contributed by atoms with Gasteiger partial charge in [0.05, 0.1) is 11.7 Å². The van der Waals surface area contributed by atoms with Crippen LogP contribution in [0.3, 0.4) is 0 Å². The summed E-state index contributed by atoms with van der Waals surface area (Å²) in [7, 11) is 1.86. The van der Waals surface area contributed by atoms with E-state index in [0.717, 1.165) is 37.9 Å². The third-order valence-corrected chi connectivity index (χ3v) is 2.81. The minimum atomic E-state index is -4.30. The van der Waals surface area contributed by atoms with E-state index < -0.39 is 11.7 Å². The Labute approximate surface area is 124 Å². The molecule has 0 aliphatic carbocycles. The molecule has 6 heteroatoms. The van der Waals surface area contributed by atoms with Crippen molar-refractivity contribution in [1.29, 1.82) is 0 Å². The second kappa shape index (κ2) is 9.08. The largest absolute Gasteiger partial charge is 0.490 e. The second-order valence-electron chi connectivity index (χ2n) is 4.44. The summed E-state index contributed by atoms with van der Waals surface area (Å²) >= 11 is 0. The average molecular weight is 312 g/mol. The van der Waals surface area contributed by atoms with Gasteiger partial charge in [0.15, 0.2) is 0 Å². The fourth-order valence-corrected chi connectivity index (χ4v) is 1.80. The van der Waals surface area contributed by atoms with Gasteiger partial charge in [0.25, 0.3) is 0 Å². The first-order valence-electron chi connectivity index (χ1n) is 6.46. The van der Waals surface area contributed by atoms with Gasteiger partial charge >= 0.3 is 6.18 Å². The van der Waals surface area contributed by atoms with Crippen LogP contribution in [0.25, 0.3) is 0 Å². The molecule has 0 aromatic heterocycles. The smallest absolute Gasteiger partial charge is 0.416 e. The summed E-state index contributed by atoms with van der Waals surface area (Å²) in [6.45, 7) is 2.88. The number of rotatable bonds is 7. The predicted octanol–water partition coefficient (Wildman–Crippen LogP) is 4.28. The average Bonchev–Trinajstić information content (AvgIpc) is 2.36. The SMILES string of the molecule is CCC[C@@H](CCNC)Oc1ccc(C(F)(F)F)cc1.Cl. The topological polar surface area (TPSA) is 21.3 Å². The van der Waals surface area contributed by atoms with Crippen molar-refractivity contribution in [3.05, 3.63) is 29.8 Å². The third-order valence-electron chi connectivity index (χ3n) is 2.81. The van der Waals surface area contributed by atoms with Crippen LogP contribution in [0.1, 0.15) is 31.7 Å². The van der Waals surface area contributed by atoms with Gasteiger partial charge in [0.1, 0.15) is 5.75 Å². The van der Waals surface area contributed by atoms with Gasteiger partial charge in [0.2, 0.25) is 0 Å². The first-order chi connectivity index (χ1) is 8.97. The van der Waals surface area contributed by atoms with Crippen molar-refractivity contribution in [2.45, 2.75) is 38.5 Å². The lowest BCUT2D eigenvalue weighted by Crippen LogP contribution is -2.22. The summed E-state index contributed by atoms with van der Waals surface area (Å²) in [6, 6.07) is 4.86. The molecular formula is C14H21ClF3NO. The molecule has 116 valence electrons. The van der Waals surface area contributed by atoms with Gasteiger partial charge in [0, 0.05) is 0 Å². The van der Waals surface area contributed by atoms with Crippen molar-refractivity contribution in [3.8, 4) is 5.75 Å². The molecule has 0 aliphatic heterocycles. The molecule has 0 aliphatic rings. The van der Waals surface area contributed by atoms with Crippen LogP contribution in [-0.4, -0.2) is 19.7 Å². The van der Waals surface area contributed by atoms with E-state index in [9.17, 15) is 13.2 Å². The minimum Gasteiger partial charge on any atom is -0.490 e. The molecule has 0 saturated carbocycles. The van der Waals surface area contributed by atoms with Crippen molar-refractivity contribution in [2.24, 2.45) is 0 Å². The number of ether oxygens (including phenoxy) is 1. The Morgan fingerprint density at radius 3 is 2.20 bits per heavy atom. The molecule has 0 amide bonds. The van der Waals surface area contributed by atoms with Crippen LogP contribution in [0.15, 0.2) is 24.3 Å². The summed E-state index contributed by atoms with van der Waals surface area (Å²) in [5, 5.41) is 3.04. The van der Waals surface area contributed by atoms with Gasteiger partial charge < -0.3 is 10.1 Å². The van der Waals surface area contributed by atoms with Crippen LogP contribution in [0.5, 0.6) is 5.75 Å². The van der Waals surface area contributed by atoms with Crippen LogP contribution >= 0.6 is 12.4 Å². The molecule has 0 fully saturated rings. The highest BCUT2D eigenvalue weighted by atomic mass is 35.5. The molecule has 1 aromatic rings. The van der Waals surface area contributed by atoms with Gasteiger partial charge in [-0.1, -0.05) is 13.3 Å². The number of hydrogen-bond donors (Lipinski definition) is 1. The summed E-state index contributed by atoms with van der Waals surface area (Å²) in [5.41, 5.74) is -0.651. The van der Waals surface area contributed by atoms with E-state index in [1.807, 2.05) is 7.05 Å². The number of benzene rings is 1. The van der Waals surface area contributed by atoms with Crippen LogP contribution < -0.4 is 10.1 Å². The summed E-state index contributed by atoms with van der Waals surface area (Å²) in [4.78, 5) is 0. The molecule has 1 rings (SSSR count). The molecule has 0 heterocycles. The Kier molecular flexibility index (Phi) is 8.65. The van der Waals surface area contributed by atoms with Crippen LogP contribution in [0.2, 0.25) is 0 Å². The highest BCUT2D eigenvalue weighted by molar-refractivity contribution is 5.85. The van der Waals surface area contributed by atoms with E-state index in [2.05, 4.69) is 12.2 Å². The molecule has 0 radical (unpaired) electrons. The molecule has 0 bridgehead atoms. The van der Waals surface area contributed by atoms with Crippen LogP contribution in [-0.2, 0) is 6.18 Å². The minimum absolute atomic E-state index is 0. The molecule has 20 heavy (non-hydrogen) atoms. The number of halogens is 4. The zero-order chi connectivity index (χ0) is 14.3. The molecular weight excluding hydrogens is 291 g/mol.